The normalized spacial score (nSPS) is 26.1. The van der Waals surface area contributed by atoms with E-state index in [1.807, 2.05) is 0 Å². The van der Waals surface area contributed by atoms with Crippen molar-refractivity contribution in [2.75, 3.05) is 25.0 Å². The first-order valence-electron chi connectivity index (χ1n) is 7.13. The molecule has 0 radical (unpaired) electrons. The summed E-state index contributed by atoms with van der Waals surface area (Å²) in [4.78, 5) is 2.70. The van der Waals surface area contributed by atoms with Crippen LogP contribution >= 0.6 is 15.9 Å². The van der Waals surface area contributed by atoms with Crippen molar-refractivity contribution < 1.29 is 0 Å². The molecule has 1 saturated carbocycles. The van der Waals surface area contributed by atoms with Crippen molar-refractivity contribution in [3.63, 3.8) is 0 Å². The lowest BCUT2D eigenvalue weighted by molar-refractivity contribution is 0.0673. The summed E-state index contributed by atoms with van der Waals surface area (Å²) < 4.78 is 0. The summed E-state index contributed by atoms with van der Waals surface area (Å²) in [6.45, 7) is 4.09. The van der Waals surface area contributed by atoms with Gasteiger partial charge in [0, 0.05) is 5.33 Å². The third-order valence-electron chi connectivity index (χ3n) is 4.69. The Morgan fingerprint density at radius 3 is 2.19 bits per heavy atom. The van der Waals surface area contributed by atoms with Crippen molar-refractivity contribution in [1.82, 2.24) is 4.90 Å². The predicted molar refractivity (Wildman–Crippen MR) is 74.2 cm³/mol. The zero-order chi connectivity index (χ0) is 11.3. The van der Waals surface area contributed by atoms with Crippen LogP contribution in [-0.4, -0.2) is 29.9 Å². The zero-order valence-corrected chi connectivity index (χ0v) is 12.1. The van der Waals surface area contributed by atoms with Crippen molar-refractivity contribution >= 4 is 15.9 Å². The number of halogens is 1. The van der Waals surface area contributed by atoms with Gasteiger partial charge in [0.1, 0.15) is 0 Å². The van der Waals surface area contributed by atoms with Gasteiger partial charge >= 0.3 is 0 Å². The molecule has 2 fully saturated rings. The van der Waals surface area contributed by atoms with Crippen LogP contribution in [0.5, 0.6) is 0 Å². The lowest BCUT2D eigenvalue weighted by atomic mass is 9.68. The summed E-state index contributed by atoms with van der Waals surface area (Å²) in [5.41, 5.74) is 0.782. The monoisotopic (exact) mass is 287 g/mol. The molecule has 1 nitrogen and oxygen atoms in total. The van der Waals surface area contributed by atoms with Gasteiger partial charge in [0.2, 0.25) is 0 Å². The molecule has 1 saturated heterocycles. The smallest absolute Gasteiger partial charge is 0.00317 e. The molecule has 2 aliphatic rings. The van der Waals surface area contributed by atoms with Crippen LogP contribution in [0.15, 0.2) is 0 Å². The molecule has 1 aliphatic heterocycles. The fourth-order valence-electron chi connectivity index (χ4n) is 3.48. The minimum atomic E-state index is 0.782. The summed E-state index contributed by atoms with van der Waals surface area (Å²) in [5, 5.41) is 1.17. The Balaban J connectivity index is 1.69. The van der Waals surface area contributed by atoms with Crippen molar-refractivity contribution in [3.8, 4) is 0 Å². The van der Waals surface area contributed by atoms with Gasteiger partial charge in [0.15, 0.2) is 0 Å². The first kappa shape index (κ1) is 12.9. The number of nitrogens with zero attached hydrogens (tertiary/aromatic N) is 1. The minimum absolute atomic E-state index is 0.782. The molecule has 0 unspecified atom stereocenters. The van der Waals surface area contributed by atoms with Gasteiger partial charge < -0.3 is 4.90 Å². The number of hydrogen-bond donors (Lipinski definition) is 0. The molecule has 16 heavy (non-hydrogen) atoms. The van der Waals surface area contributed by atoms with Crippen LogP contribution in [0.1, 0.15) is 57.8 Å². The maximum absolute atomic E-state index is 3.51. The maximum atomic E-state index is 3.51. The van der Waals surface area contributed by atoms with Gasteiger partial charge in [-0.3, -0.25) is 0 Å². The first-order chi connectivity index (χ1) is 7.85. The van der Waals surface area contributed by atoms with E-state index in [1.54, 1.807) is 0 Å². The number of rotatable bonds is 4. The average Bonchev–Trinajstić information content (AvgIpc) is 2.33. The van der Waals surface area contributed by atoms with Crippen LogP contribution in [0.25, 0.3) is 0 Å². The molecule has 0 aromatic heterocycles. The standard InChI is InChI=1S/C14H26BrN/c15-10-4-5-11-16-12-8-14(9-13-16)6-2-1-3-7-14/h1-13H2. The second-order valence-electron chi connectivity index (χ2n) is 5.80. The highest BCUT2D eigenvalue weighted by molar-refractivity contribution is 9.09. The largest absolute Gasteiger partial charge is 0.303 e. The molecule has 0 atom stereocenters. The summed E-state index contributed by atoms with van der Waals surface area (Å²) >= 11 is 3.51. The Labute approximate surface area is 109 Å². The van der Waals surface area contributed by atoms with Crippen molar-refractivity contribution in [2.45, 2.75) is 57.8 Å². The van der Waals surface area contributed by atoms with E-state index in [9.17, 15) is 0 Å². The van der Waals surface area contributed by atoms with Gasteiger partial charge in [-0.15, -0.1) is 0 Å². The minimum Gasteiger partial charge on any atom is -0.303 e. The Bertz CT molecular complexity index is 189. The quantitative estimate of drug-likeness (QED) is 0.553. The Morgan fingerprint density at radius 1 is 0.875 bits per heavy atom. The van der Waals surface area contributed by atoms with Crippen molar-refractivity contribution in [1.29, 1.82) is 0 Å². The molecule has 0 N–H and O–H groups in total. The molecular formula is C14H26BrN. The Hall–Kier alpha value is 0.440. The van der Waals surface area contributed by atoms with Gasteiger partial charge in [-0.1, -0.05) is 35.2 Å². The summed E-state index contributed by atoms with van der Waals surface area (Å²) in [5.74, 6) is 0. The average molecular weight is 288 g/mol. The van der Waals surface area contributed by atoms with E-state index in [1.165, 1.54) is 82.8 Å². The topological polar surface area (TPSA) is 3.24 Å². The third kappa shape index (κ3) is 3.46. The zero-order valence-electron chi connectivity index (χ0n) is 10.5. The SMILES string of the molecule is BrCCCCN1CCC2(CCCCC2)CC1. The summed E-state index contributed by atoms with van der Waals surface area (Å²) in [6, 6.07) is 0. The highest BCUT2D eigenvalue weighted by Gasteiger charge is 2.34. The van der Waals surface area contributed by atoms with Gasteiger partial charge in [-0.25, -0.2) is 0 Å². The van der Waals surface area contributed by atoms with Crippen LogP contribution in [0.4, 0.5) is 0 Å². The molecule has 2 heteroatoms. The molecule has 2 rings (SSSR count). The number of hydrogen-bond acceptors (Lipinski definition) is 1. The van der Waals surface area contributed by atoms with Crippen LogP contribution < -0.4 is 0 Å². The van der Waals surface area contributed by atoms with Crippen molar-refractivity contribution in [2.24, 2.45) is 5.41 Å². The molecule has 0 bridgehead atoms. The molecule has 0 aromatic rings. The maximum Gasteiger partial charge on any atom is 0.00317 e. The second-order valence-corrected chi connectivity index (χ2v) is 6.59. The number of unbranched alkanes of at least 4 members (excludes halogenated alkanes) is 1. The van der Waals surface area contributed by atoms with Crippen LogP contribution in [0.3, 0.4) is 0 Å². The van der Waals surface area contributed by atoms with E-state index >= 15 is 0 Å². The van der Waals surface area contributed by atoms with Crippen molar-refractivity contribution in [3.05, 3.63) is 0 Å². The van der Waals surface area contributed by atoms with Gasteiger partial charge in [-0.2, -0.15) is 0 Å². The van der Waals surface area contributed by atoms with Gasteiger partial charge in [0.05, 0.1) is 0 Å². The highest BCUT2D eigenvalue weighted by Crippen LogP contribution is 2.44. The highest BCUT2D eigenvalue weighted by atomic mass is 79.9. The first-order valence-corrected chi connectivity index (χ1v) is 8.25. The van der Waals surface area contributed by atoms with E-state index < -0.39 is 0 Å². The van der Waals surface area contributed by atoms with Crippen LogP contribution in [0, 0.1) is 5.41 Å². The number of alkyl halides is 1. The molecule has 0 amide bonds. The van der Waals surface area contributed by atoms with E-state index in [-0.39, 0.29) is 0 Å². The van der Waals surface area contributed by atoms with E-state index in [0.29, 0.717) is 0 Å². The molecule has 1 spiro atoms. The van der Waals surface area contributed by atoms with E-state index in [0.717, 1.165) is 5.41 Å². The number of likely N-dealkylation sites (tertiary alicyclic amines) is 1. The van der Waals surface area contributed by atoms with Crippen LogP contribution in [0.2, 0.25) is 0 Å². The lowest BCUT2D eigenvalue weighted by Crippen LogP contribution is -2.41. The molecule has 0 aromatic carbocycles. The van der Waals surface area contributed by atoms with Gasteiger partial charge in [0.25, 0.3) is 0 Å². The van der Waals surface area contributed by atoms with Crippen LogP contribution in [-0.2, 0) is 0 Å². The lowest BCUT2D eigenvalue weighted by Gasteiger charge is -2.44. The van der Waals surface area contributed by atoms with E-state index in [4.69, 9.17) is 0 Å². The molecule has 1 aliphatic carbocycles. The molecular weight excluding hydrogens is 262 g/mol. The van der Waals surface area contributed by atoms with E-state index in [2.05, 4.69) is 20.8 Å². The molecule has 1 heterocycles. The molecule has 94 valence electrons. The fourth-order valence-corrected chi connectivity index (χ4v) is 3.88. The Morgan fingerprint density at radius 2 is 1.56 bits per heavy atom. The number of piperidine rings is 1. The van der Waals surface area contributed by atoms with Gasteiger partial charge in [-0.05, 0) is 63.6 Å². The summed E-state index contributed by atoms with van der Waals surface area (Å²) in [7, 11) is 0. The predicted octanol–water partition coefficient (Wildman–Crippen LogP) is 4.21. The Kier molecular flexibility index (Phi) is 5.15. The summed E-state index contributed by atoms with van der Waals surface area (Å²) in [6.07, 6.45) is 13.2. The third-order valence-corrected chi connectivity index (χ3v) is 5.25. The second kappa shape index (κ2) is 6.39. The fraction of sp³-hybridized carbons (Fsp3) is 1.00.